The van der Waals surface area contributed by atoms with Crippen molar-refractivity contribution in [2.75, 3.05) is 11.9 Å². The third-order valence-corrected chi connectivity index (χ3v) is 4.25. The van der Waals surface area contributed by atoms with E-state index in [0.717, 1.165) is 5.01 Å². The van der Waals surface area contributed by atoms with Crippen LogP contribution in [0.2, 0.25) is 0 Å². The zero-order valence-corrected chi connectivity index (χ0v) is 12.1. The van der Waals surface area contributed by atoms with E-state index in [2.05, 4.69) is 27.2 Å². The van der Waals surface area contributed by atoms with Gasteiger partial charge in [0.05, 0.1) is 11.3 Å². The molecule has 2 rings (SSSR count). The van der Waals surface area contributed by atoms with Crippen LogP contribution in [-0.4, -0.2) is 21.5 Å². The number of aromatic nitrogens is 3. The average molecular weight is 362 g/mol. The number of rotatable bonds is 4. The van der Waals surface area contributed by atoms with E-state index < -0.39 is 0 Å². The maximum absolute atomic E-state index is 11.4. The maximum Gasteiger partial charge on any atom is 0.266 e. The highest BCUT2D eigenvalue weighted by Crippen LogP contribution is 2.18. The van der Waals surface area contributed by atoms with E-state index in [-0.39, 0.29) is 5.56 Å². The first kappa shape index (κ1) is 12.5. The summed E-state index contributed by atoms with van der Waals surface area (Å²) in [7, 11) is 0. The number of H-pyrrole nitrogens is 1. The molecule has 17 heavy (non-hydrogen) atoms. The average Bonchev–Trinajstić information content (AvgIpc) is 2.84. The van der Waals surface area contributed by atoms with E-state index in [1.165, 1.54) is 6.33 Å². The van der Waals surface area contributed by atoms with Gasteiger partial charge in [0.2, 0.25) is 0 Å². The van der Waals surface area contributed by atoms with Crippen LogP contribution in [-0.2, 0) is 0 Å². The second kappa shape index (κ2) is 5.58. The van der Waals surface area contributed by atoms with Gasteiger partial charge in [0.25, 0.3) is 5.56 Å². The Bertz CT molecular complexity index is 539. The summed E-state index contributed by atoms with van der Waals surface area (Å²) >= 11 is 3.62. The number of anilines is 1. The molecule has 2 aromatic rings. The van der Waals surface area contributed by atoms with Gasteiger partial charge in [-0.05, 0) is 22.6 Å². The molecule has 0 saturated heterocycles. The van der Waals surface area contributed by atoms with Crippen molar-refractivity contribution < 1.29 is 0 Å². The fourth-order valence-electron chi connectivity index (χ4n) is 1.32. The normalized spacial score (nSPS) is 12.4. The molecule has 1 atom stereocenters. The number of hydrogen-bond acceptors (Lipinski definition) is 5. The van der Waals surface area contributed by atoms with Gasteiger partial charge in [-0.1, -0.05) is 6.92 Å². The quantitative estimate of drug-likeness (QED) is 0.817. The molecule has 1 unspecified atom stereocenters. The molecule has 2 aromatic heterocycles. The minimum Gasteiger partial charge on any atom is -0.368 e. The Morgan fingerprint density at radius 3 is 3.12 bits per heavy atom. The van der Waals surface area contributed by atoms with Crippen LogP contribution in [0.4, 0.5) is 5.82 Å². The lowest BCUT2D eigenvalue weighted by atomic mass is 10.2. The Hall–Kier alpha value is -0.960. The molecule has 90 valence electrons. The SMILES string of the molecule is CC(CNc1nc[nH]c(=O)c1I)c1nccs1. The van der Waals surface area contributed by atoms with Crippen LogP contribution in [0.25, 0.3) is 0 Å². The Morgan fingerprint density at radius 1 is 1.59 bits per heavy atom. The smallest absolute Gasteiger partial charge is 0.266 e. The predicted molar refractivity (Wildman–Crippen MR) is 76.6 cm³/mol. The zero-order valence-electron chi connectivity index (χ0n) is 9.11. The van der Waals surface area contributed by atoms with Gasteiger partial charge in [0.1, 0.15) is 9.39 Å². The summed E-state index contributed by atoms with van der Waals surface area (Å²) in [5.74, 6) is 0.921. The number of aromatic amines is 1. The molecular weight excluding hydrogens is 351 g/mol. The highest BCUT2D eigenvalue weighted by atomic mass is 127. The molecular formula is C10H11IN4OS. The van der Waals surface area contributed by atoms with Crippen molar-refractivity contribution in [1.82, 2.24) is 15.0 Å². The summed E-state index contributed by atoms with van der Waals surface area (Å²) < 4.78 is 0.580. The molecule has 5 nitrogen and oxygen atoms in total. The van der Waals surface area contributed by atoms with Crippen molar-refractivity contribution in [3.63, 3.8) is 0 Å². The molecule has 0 aromatic carbocycles. The first-order valence-electron chi connectivity index (χ1n) is 5.05. The lowest BCUT2D eigenvalue weighted by Crippen LogP contribution is -2.17. The summed E-state index contributed by atoms with van der Waals surface area (Å²) in [5.41, 5.74) is -0.120. The minimum absolute atomic E-state index is 0.120. The third-order valence-electron chi connectivity index (χ3n) is 2.25. The Kier molecular flexibility index (Phi) is 4.11. The van der Waals surface area contributed by atoms with E-state index in [4.69, 9.17) is 0 Å². The maximum atomic E-state index is 11.4. The monoisotopic (exact) mass is 362 g/mol. The largest absolute Gasteiger partial charge is 0.368 e. The number of nitrogens with zero attached hydrogens (tertiary/aromatic N) is 2. The molecule has 0 spiro atoms. The van der Waals surface area contributed by atoms with Crippen LogP contribution in [0.5, 0.6) is 0 Å². The molecule has 0 radical (unpaired) electrons. The highest BCUT2D eigenvalue weighted by Gasteiger charge is 2.10. The van der Waals surface area contributed by atoms with Crippen LogP contribution in [0.3, 0.4) is 0 Å². The molecule has 0 amide bonds. The highest BCUT2D eigenvalue weighted by molar-refractivity contribution is 14.1. The number of hydrogen-bond donors (Lipinski definition) is 2. The van der Waals surface area contributed by atoms with Crippen LogP contribution >= 0.6 is 33.9 Å². The van der Waals surface area contributed by atoms with Crippen molar-refractivity contribution in [1.29, 1.82) is 0 Å². The lowest BCUT2D eigenvalue weighted by molar-refractivity contribution is 0.790. The fourth-order valence-corrected chi connectivity index (χ4v) is 2.51. The van der Waals surface area contributed by atoms with Gasteiger partial charge in [-0.15, -0.1) is 11.3 Å². The number of thiazole rings is 1. The van der Waals surface area contributed by atoms with Crippen LogP contribution in [0.1, 0.15) is 17.8 Å². The lowest BCUT2D eigenvalue weighted by Gasteiger charge is -2.10. The molecule has 2 heterocycles. The molecule has 0 aliphatic carbocycles. The van der Waals surface area contributed by atoms with E-state index in [9.17, 15) is 4.79 Å². The Morgan fingerprint density at radius 2 is 2.41 bits per heavy atom. The van der Waals surface area contributed by atoms with Gasteiger partial charge in [-0.3, -0.25) is 4.79 Å². The van der Waals surface area contributed by atoms with E-state index in [1.807, 2.05) is 28.0 Å². The van der Waals surface area contributed by atoms with Crippen molar-refractivity contribution in [2.45, 2.75) is 12.8 Å². The zero-order chi connectivity index (χ0) is 12.3. The van der Waals surface area contributed by atoms with Crippen molar-refractivity contribution in [3.05, 3.63) is 36.8 Å². The molecule has 0 saturated carbocycles. The summed E-state index contributed by atoms with van der Waals surface area (Å²) in [6.07, 6.45) is 3.20. The van der Waals surface area contributed by atoms with Crippen LogP contribution in [0.15, 0.2) is 22.7 Å². The van der Waals surface area contributed by atoms with Gasteiger partial charge >= 0.3 is 0 Å². The van der Waals surface area contributed by atoms with Crippen molar-refractivity contribution in [3.8, 4) is 0 Å². The summed E-state index contributed by atoms with van der Waals surface area (Å²) in [4.78, 5) is 22.2. The van der Waals surface area contributed by atoms with Gasteiger partial charge < -0.3 is 10.3 Å². The molecule has 7 heteroatoms. The molecule has 0 aliphatic rings. The molecule has 0 fully saturated rings. The molecule has 0 aliphatic heterocycles. The fraction of sp³-hybridized carbons (Fsp3) is 0.300. The molecule has 0 bridgehead atoms. The van der Waals surface area contributed by atoms with Gasteiger partial charge in [-0.25, -0.2) is 9.97 Å². The predicted octanol–water partition coefficient (Wildman–Crippen LogP) is 2.05. The van der Waals surface area contributed by atoms with E-state index in [1.54, 1.807) is 17.5 Å². The number of halogens is 1. The Balaban J connectivity index is 2.03. The minimum atomic E-state index is -0.120. The Labute approximate surface area is 116 Å². The van der Waals surface area contributed by atoms with Gasteiger partial charge in [0.15, 0.2) is 0 Å². The number of nitrogens with one attached hydrogen (secondary N) is 2. The van der Waals surface area contributed by atoms with Gasteiger partial charge in [0, 0.05) is 24.0 Å². The first-order chi connectivity index (χ1) is 8.18. The van der Waals surface area contributed by atoms with Crippen molar-refractivity contribution in [2.24, 2.45) is 0 Å². The van der Waals surface area contributed by atoms with Crippen LogP contribution in [0, 0.1) is 3.57 Å². The molecule has 2 N–H and O–H groups in total. The third kappa shape index (κ3) is 3.03. The standard InChI is InChI=1S/C10H11IN4OS/c1-6(10-12-2-3-17-10)4-13-8-7(11)9(16)15-5-14-8/h2-3,5-6H,4H2,1H3,(H2,13,14,15,16). The van der Waals surface area contributed by atoms with Crippen LogP contribution < -0.4 is 10.9 Å². The van der Waals surface area contributed by atoms with Crippen molar-refractivity contribution >= 4 is 39.7 Å². The van der Waals surface area contributed by atoms with E-state index in [0.29, 0.717) is 21.9 Å². The summed E-state index contributed by atoms with van der Waals surface area (Å²) in [6.45, 7) is 2.80. The van der Waals surface area contributed by atoms with E-state index >= 15 is 0 Å². The first-order valence-corrected chi connectivity index (χ1v) is 7.00. The second-order valence-electron chi connectivity index (χ2n) is 3.55. The summed E-state index contributed by atoms with van der Waals surface area (Å²) in [6, 6.07) is 0. The van der Waals surface area contributed by atoms with Gasteiger partial charge in [-0.2, -0.15) is 0 Å². The second-order valence-corrected chi connectivity index (χ2v) is 5.55. The topological polar surface area (TPSA) is 70.7 Å². The summed E-state index contributed by atoms with van der Waals surface area (Å²) in [5, 5.41) is 6.21.